The summed E-state index contributed by atoms with van der Waals surface area (Å²) < 4.78 is 10.9. The van der Waals surface area contributed by atoms with E-state index in [0.717, 1.165) is 10.5 Å². The number of nitriles is 1. The quantitative estimate of drug-likeness (QED) is 0.249. The summed E-state index contributed by atoms with van der Waals surface area (Å²) in [4.78, 5) is 39.1. The first-order valence-corrected chi connectivity index (χ1v) is 11.5. The Morgan fingerprint density at radius 2 is 1.81 bits per heavy atom. The number of nitrogens with zero attached hydrogens (tertiary/aromatic N) is 2. The lowest BCUT2D eigenvalue weighted by atomic mass is 9.94. The molecule has 0 aliphatic carbocycles. The summed E-state index contributed by atoms with van der Waals surface area (Å²) in [6, 6.07) is 19.0. The summed E-state index contributed by atoms with van der Waals surface area (Å²) in [5, 5.41) is 10.0. The van der Waals surface area contributed by atoms with Crippen molar-refractivity contribution < 1.29 is 23.5 Å². The number of ether oxygens (including phenoxy) is 1. The average Bonchev–Trinajstić information content (AvgIpc) is 3.35. The molecule has 2 aromatic carbocycles. The highest BCUT2D eigenvalue weighted by Crippen LogP contribution is 2.31. The fourth-order valence-electron chi connectivity index (χ4n) is 3.78. The average molecular weight is 501 g/mol. The highest BCUT2D eigenvalue weighted by molar-refractivity contribution is 6.31. The van der Waals surface area contributed by atoms with Crippen LogP contribution >= 0.6 is 11.6 Å². The van der Waals surface area contributed by atoms with Gasteiger partial charge in [0.2, 0.25) is 0 Å². The van der Waals surface area contributed by atoms with Gasteiger partial charge in [-0.2, -0.15) is 5.26 Å². The van der Waals surface area contributed by atoms with E-state index >= 15 is 0 Å². The van der Waals surface area contributed by atoms with Gasteiger partial charge in [-0.3, -0.25) is 14.5 Å². The van der Waals surface area contributed by atoms with Crippen LogP contribution in [0.5, 0.6) is 0 Å². The van der Waals surface area contributed by atoms with Crippen LogP contribution in [-0.2, 0) is 20.9 Å². The predicted molar refractivity (Wildman–Crippen MR) is 133 cm³/mol. The van der Waals surface area contributed by atoms with Crippen molar-refractivity contribution in [2.24, 2.45) is 0 Å². The van der Waals surface area contributed by atoms with Crippen molar-refractivity contribution in [1.82, 2.24) is 4.90 Å². The maximum absolute atomic E-state index is 13.3. The fraction of sp³-hybridized carbons (Fsp3) is 0.143. The molecule has 2 amide bonds. The monoisotopic (exact) mass is 500 g/mol. The molecule has 4 rings (SSSR count). The van der Waals surface area contributed by atoms with Gasteiger partial charge in [0.1, 0.15) is 23.2 Å². The zero-order valence-electron chi connectivity index (χ0n) is 19.6. The molecule has 0 atom stereocenters. The van der Waals surface area contributed by atoms with Gasteiger partial charge in [-0.05, 0) is 61.4 Å². The number of furan rings is 1. The van der Waals surface area contributed by atoms with Crippen molar-refractivity contribution >= 4 is 35.5 Å². The van der Waals surface area contributed by atoms with Gasteiger partial charge in [-0.15, -0.1) is 0 Å². The smallest absolute Gasteiger partial charge is 0.338 e. The van der Waals surface area contributed by atoms with Gasteiger partial charge in [-0.25, -0.2) is 4.79 Å². The highest BCUT2D eigenvalue weighted by Gasteiger charge is 2.36. The maximum Gasteiger partial charge on any atom is 0.338 e. The van der Waals surface area contributed by atoms with Crippen molar-refractivity contribution in [3.8, 4) is 17.4 Å². The molecule has 1 aliphatic heterocycles. The topological polar surface area (TPSA) is 101 Å². The number of hydrogen-bond donors (Lipinski definition) is 0. The normalized spacial score (nSPS) is 14.8. The van der Waals surface area contributed by atoms with E-state index in [1.54, 1.807) is 74.5 Å². The number of hydrogen-bond acceptors (Lipinski definition) is 6. The summed E-state index contributed by atoms with van der Waals surface area (Å²) in [7, 11) is 0. The molecule has 0 bridgehead atoms. The Hall–Kier alpha value is -4.41. The maximum atomic E-state index is 13.3. The number of amides is 2. The van der Waals surface area contributed by atoms with E-state index in [0.29, 0.717) is 27.7 Å². The van der Waals surface area contributed by atoms with Crippen LogP contribution in [0.4, 0.5) is 0 Å². The van der Waals surface area contributed by atoms with E-state index in [1.807, 2.05) is 6.07 Å². The minimum atomic E-state index is -0.668. The van der Waals surface area contributed by atoms with Crippen LogP contribution in [0, 0.1) is 11.3 Å². The van der Waals surface area contributed by atoms with Crippen molar-refractivity contribution in [2.45, 2.75) is 20.4 Å². The molecule has 0 spiro atoms. The zero-order chi connectivity index (χ0) is 25.8. The Labute approximate surface area is 212 Å². The Balaban J connectivity index is 1.65. The molecule has 1 aliphatic rings. The van der Waals surface area contributed by atoms with Gasteiger partial charge in [0, 0.05) is 16.2 Å². The summed E-state index contributed by atoms with van der Waals surface area (Å²) >= 11 is 6.23. The summed E-state index contributed by atoms with van der Waals surface area (Å²) in [5.41, 5.74) is 2.08. The number of carbonyl (C=O) groups is 3. The van der Waals surface area contributed by atoms with E-state index < -0.39 is 17.8 Å². The van der Waals surface area contributed by atoms with Crippen LogP contribution in [0.25, 0.3) is 17.4 Å². The van der Waals surface area contributed by atoms with Crippen molar-refractivity contribution in [3.63, 3.8) is 0 Å². The molecule has 8 heteroatoms. The van der Waals surface area contributed by atoms with Gasteiger partial charge in [-0.1, -0.05) is 41.9 Å². The number of benzene rings is 2. The second-order valence-corrected chi connectivity index (χ2v) is 8.36. The first kappa shape index (κ1) is 24.7. The number of imide groups is 1. The van der Waals surface area contributed by atoms with E-state index in [-0.39, 0.29) is 29.9 Å². The first-order chi connectivity index (χ1) is 17.3. The van der Waals surface area contributed by atoms with Crippen LogP contribution < -0.4 is 0 Å². The first-order valence-electron chi connectivity index (χ1n) is 11.1. The van der Waals surface area contributed by atoms with Crippen molar-refractivity contribution in [1.29, 1.82) is 5.26 Å². The second-order valence-electron chi connectivity index (χ2n) is 7.96. The minimum Gasteiger partial charge on any atom is -0.462 e. The molecule has 0 saturated carbocycles. The Kier molecular flexibility index (Phi) is 7.18. The van der Waals surface area contributed by atoms with Gasteiger partial charge in [0.25, 0.3) is 11.8 Å². The van der Waals surface area contributed by atoms with Gasteiger partial charge in [0.05, 0.1) is 18.7 Å². The van der Waals surface area contributed by atoms with Crippen LogP contribution in [0.2, 0.25) is 5.02 Å². The van der Waals surface area contributed by atoms with Gasteiger partial charge >= 0.3 is 5.97 Å². The third kappa shape index (κ3) is 4.85. The second kappa shape index (κ2) is 10.5. The Morgan fingerprint density at radius 1 is 1.08 bits per heavy atom. The minimum absolute atomic E-state index is 0.0661. The predicted octanol–water partition coefficient (Wildman–Crippen LogP) is 5.57. The van der Waals surface area contributed by atoms with Crippen LogP contribution in [0.1, 0.15) is 35.5 Å². The lowest BCUT2D eigenvalue weighted by molar-refractivity contribution is -0.141. The fourth-order valence-corrected chi connectivity index (χ4v) is 3.98. The number of rotatable bonds is 6. The molecule has 0 fully saturated rings. The lowest BCUT2D eigenvalue weighted by Crippen LogP contribution is -2.42. The highest BCUT2D eigenvalue weighted by atomic mass is 35.5. The molecule has 1 aromatic heterocycles. The third-order valence-electron chi connectivity index (χ3n) is 5.71. The number of halogens is 1. The zero-order valence-corrected chi connectivity index (χ0v) is 20.3. The molecular weight excluding hydrogens is 480 g/mol. The van der Waals surface area contributed by atoms with Crippen LogP contribution in [0.3, 0.4) is 0 Å². The molecule has 36 heavy (non-hydrogen) atoms. The molecule has 0 radical (unpaired) electrons. The Morgan fingerprint density at radius 3 is 2.47 bits per heavy atom. The lowest BCUT2D eigenvalue weighted by Gasteiger charge is -2.27. The molecule has 0 saturated heterocycles. The summed E-state index contributed by atoms with van der Waals surface area (Å²) in [5.74, 6) is -0.735. The summed E-state index contributed by atoms with van der Waals surface area (Å²) in [6.45, 7) is 3.53. The number of carbonyl (C=O) groups excluding carboxylic acids is 3. The molecule has 3 aromatic rings. The van der Waals surface area contributed by atoms with E-state index in [4.69, 9.17) is 20.8 Å². The molecular formula is C28H21ClN2O5. The standard InChI is InChI=1S/C28H21ClN2O5/c1-3-35-28(34)19-10-8-18(9-11-19)25-13-12-21(36-25)14-22-17(2)23(15-30)27(33)31(26(22)32)16-20-6-4-5-7-24(20)29/h4-14H,3,16H2,1-2H3/b22-14+. The van der Waals surface area contributed by atoms with E-state index in [9.17, 15) is 19.6 Å². The van der Waals surface area contributed by atoms with Crippen molar-refractivity contribution in [3.05, 3.63) is 99.3 Å². The molecule has 0 unspecified atom stereocenters. The van der Waals surface area contributed by atoms with Gasteiger partial charge < -0.3 is 9.15 Å². The van der Waals surface area contributed by atoms with E-state index in [1.165, 1.54) is 6.08 Å². The largest absolute Gasteiger partial charge is 0.462 e. The molecule has 0 N–H and O–H groups in total. The van der Waals surface area contributed by atoms with E-state index in [2.05, 4.69) is 0 Å². The summed E-state index contributed by atoms with van der Waals surface area (Å²) in [6.07, 6.45) is 1.51. The molecule has 7 nitrogen and oxygen atoms in total. The van der Waals surface area contributed by atoms with Crippen molar-refractivity contribution in [2.75, 3.05) is 6.61 Å². The van der Waals surface area contributed by atoms with Gasteiger partial charge in [0.15, 0.2) is 0 Å². The number of esters is 1. The Bertz CT molecular complexity index is 1460. The molecule has 2 heterocycles. The SMILES string of the molecule is CCOC(=O)c1ccc(-c2ccc(/C=C3/C(=O)N(Cc4ccccc4Cl)C(=O)C(C#N)=C3C)o2)cc1. The third-order valence-corrected chi connectivity index (χ3v) is 6.07. The van der Waals surface area contributed by atoms with Crippen LogP contribution in [-0.4, -0.2) is 29.3 Å². The molecule has 180 valence electrons. The van der Waals surface area contributed by atoms with Crippen LogP contribution in [0.15, 0.2) is 81.8 Å².